The summed E-state index contributed by atoms with van der Waals surface area (Å²) in [6.07, 6.45) is 3.36. The van der Waals surface area contributed by atoms with E-state index in [2.05, 4.69) is 24.1 Å². The van der Waals surface area contributed by atoms with Crippen molar-refractivity contribution in [2.24, 2.45) is 5.92 Å². The van der Waals surface area contributed by atoms with E-state index < -0.39 is 6.04 Å². The molecule has 88 valence electrons. The lowest BCUT2D eigenvalue weighted by atomic mass is 10.1. The van der Waals surface area contributed by atoms with Crippen molar-refractivity contribution < 1.29 is 9.53 Å². The molecule has 0 amide bonds. The number of hydrogen-bond donors (Lipinski definition) is 1. The molecule has 1 aromatic rings. The second kappa shape index (κ2) is 6.23. The highest BCUT2D eigenvalue weighted by atomic mass is 16.5. The van der Waals surface area contributed by atoms with Gasteiger partial charge in [-0.25, -0.2) is 4.79 Å². The molecule has 0 spiro atoms. The third-order valence-electron chi connectivity index (χ3n) is 2.18. The van der Waals surface area contributed by atoms with Crippen LogP contribution in [0, 0.1) is 5.92 Å². The van der Waals surface area contributed by atoms with Gasteiger partial charge in [0, 0.05) is 12.4 Å². The minimum Gasteiger partial charge on any atom is -0.468 e. The van der Waals surface area contributed by atoms with Crippen molar-refractivity contribution in [3.05, 3.63) is 30.1 Å². The lowest BCUT2D eigenvalue weighted by Gasteiger charge is -2.17. The molecule has 0 saturated carbocycles. The van der Waals surface area contributed by atoms with E-state index in [1.54, 1.807) is 12.4 Å². The van der Waals surface area contributed by atoms with E-state index in [1.165, 1.54) is 7.11 Å². The Balaban J connectivity index is 2.76. The minimum absolute atomic E-state index is 0.284. The first-order valence-corrected chi connectivity index (χ1v) is 5.36. The van der Waals surface area contributed by atoms with Gasteiger partial charge in [-0.3, -0.25) is 4.98 Å². The summed E-state index contributed by atoms with van der Waals surface area (Å²) in [4.78, 5) is 15.6. The summed E-state index contributed by atoms with van der Waals surface area (Å²) in [6.45, 7) is 4.93. The molecule has 4 nitrogen and oxygen atoms in total. The molecule has 1 heterocycles. The van der Waals surface area contributed by atoms with Gasteiger partial charge in [0.05, 0.1) is 7.11 Å². The summed E-state index contributed by atoms with van der Waals surface area (Å²) >= 11 is 0. The fourth-order valence-corrected chi connectivity index (χ4v) is 1.36. The number of rotatable bonds is 5. The molecule has 0 aliphatic carbocycles. The average Bonchev–Trinajstić information content (AvgIpc) is 2.30. The van der Waals surface area contributed by atoms with Gasteiger partial charge in [0.1, 0.15) is 6.04 Å². The lowest BCUT2D eigenvalue weighted by molar-refractivity contribution is -0.143. The van der Waals surface area contributed by atoms with E-state index in [4.69, 9.17) is 4.74 Å². The number of nitrogens with zero attached hydrogens (tertiary/aromatic N) is 1. The second-order valence-corrected chi connectivity index (χ2v) is 4.04. The fourth-order valence-electron chi connectivity index (χ4n) is 1.36. The van der Waals surface area contributed by atoms with Gasteiger partial charge >= 0.3 is 5.97 Å². The smallest absolute Gasteiger partial charge is 0.327 e. The third-order valence-corrected chi connectivity index (χ3v) is 2.18. The molecule has 0 aromatic carbocycles. The van der Waals surface area contributed by atoms with Crippen molar-refractivity contribution in [2.75, 3.05) is 13.7 Å². The standard InChI is InChI=1S/C12H18N2O2/c1-9(2)7-14-11(12(15)16-3)10-5-4-6-13-8-10/h4-6,8-9,11,14H,7H2,1-3H3. The summed E-state index contributed by atoms with van der Waals surface area (Å²) in [6, 6.07) is 3.24. The quantitative estimate of drug-likeness (QED) is 0.768. The zero-order valence-electron chi connectivity index (χ0n) is 9.93. The molecule has 1 N–H and O–H groups in total. The Hall–Kier alpha value is -1.42. The van der Waals surface area contributed by atoms with E-state index in [1.807, 2.05) is 12.1 Å². The molecule has 1 unspecified atom stereocenters. The number of aromatic nitrogens is 1. The van der Waals surface area contributed by atoms with Crippen LogP contribution in [0.25, 0.3) is 0 Å². The van der Waals surface area contributed by atoms with Crippen LogP contribution in [0.2, 0.25) is 0 Å². The van der Waals surface area contributed by atoms with E-state index in [0.29, 0.717) is 5.92 Å². The molecule has 0 fully saturated rings. The molecule has 0 aliphatic heterocycles. The Morgan fingerprint density at radius 1 is 1.56 bits per heavy atom. The van der Waals surface area contributed by atoms with Crippen LogP contribution in [0.1, 0.15) is 25.5 Å². The van der Waals surface area contributed by atoms with E-state index in [9.17, 15) is 4.79 Å². The minimum atomic E-state index is -0.430. The van der Waals surface area contributed by atoms with Crippen molar-refractivity contribution in [1.29, 1.82) is 0 Å². The number of methoxy groups -OCH3 is 1. The summed E-state index contributed by atoms with van der Waals surface area (Å²) in [7, 11) is 1.39. The summed E-state index contributed by atoms with van der Waals surface area (Å²) < 4.78 is 4.77. The first-order chi connectivity index (χ1) is 7.65. The maximum absolute atomic E-state index is 11.6. The predicted octanol–water partition coefficient (Wildman–Crippen LogP) is 1.54. The Labute approximate surface area is 96.0 Å². The van der Waals surface area contributed by atoms with Gasteiger partial charge in [-0.2, -0.15) is 0 Å². The maximum atomic E-state index is 11.6. The van der Waals surface area contributed by atoms with E-state index in [0.717, 1.165) is 12.1 Å². The third kappa shape index (κ3) is 3.62. The topological polar surface area (TPSA) is 51.2 Å². The number of ether oxygens (including phenoxy) is 1. The van der Waals surface area contributed by atoms with Crippen molar-refractivity contribution in [2.45, 2.75) is 19.9 Å². The van der Waals surface area contributed by atoms with Gasteiger partial charge in [-0.1, -0.05) is 19.9 Å². The van der Waals surface area contributed by atoms with E-state index >= 15 is 0 Å². The van der Waals surface area contributed by atoms with Crippen LogP contribution in [0.4, 0.5) is 0 Å². The Morgan fingerprint density at radius 3 is 2.81 bits per heavy atom. The molecule has 0 radical (unpaired) electrons. The fraction of sp³-hybridized carbons (Fsp3) is 0.500. The van der Waals surface area contributed by atoms with Crippen LogP contribution in [0.15, 0.2) is 24.5 Å². The zero-order valence-corrected chi connectivity index (χ0v) is 9.93. The highest BCUT2D eigenvalue weighted by molar-refractivity contribution is 5.77. The lowest BCUT2D eigenvalue weighted by Crippen LogP contribution is -2.32. The molecule has 0 aliphatic rings. The van der Waals surface area contributed by atoms with Gasteiger partial charge in [-0.05, 0) is 24.1 Å². The maximum Gasteiger partial charge on any atom is 0.327 e. The molecule has 0 bridgehead atoms. The van der Waals surface area contributed by atoms with Crippen molar-refractivity contribution in [1.82, 2.24) is 10.3 Å². The molecular formula is C12H18N2O2. The van der Waals surface area contributed by atoms with Crippen molar-refractivity contribution >= 4 is 5.97 Å². The number of carbonyl (C=O) groups excluding carboxylic acids is 1. The number of nitrogens with one attached hydrogen (secondary N) is 1. The Bertz CT molecular complexity index is 325. The van der Waals surface area contributed by atoms with Gasteiger partial charge in [0.2, 0.25) is 0 Å². The molecule has 1 rings (SSSR count). The van der Waals surface area contributed by atoms with Gasteiger partial charge in [-0.15, -0.1) is 0 Å². The largest absolute Gasteiger partial charge is 0.468 e. The number of pyridine rings is 1. The van der Waals surface area contributed by atoms with Gasteiger partial charge < -0.3 is 10.1 Å². The summed E-state index contributed by atoms with van der Waals surface area (Å²) in [5, 5.41) is 3.17. The predicted molar refractivity (Wildman–Crippen MR) is 61.8 cm³/mol. The van der Waals surface area contributed by atoms with Crippen LogP contribution in [0.5, 0.6) is 0 Å². The van der Waals surface area contributed by atoms with Crippen LogP contribution in [-0.2, 0) is 9.53 Å². The molecular weight excluding hydrogens is 204 g/mol. The average molecular weight is 222 g/mol. The highest BCUT2D eigenvalue weighted by Gasteiger charge is 2.20. The summed E-state index contributed by atoms with van der Waals surface area (Å²) in [5.41, 5.74) is 0.829. The molecule has 16 heavy (non-hydrogen) atoms. The molecule has 4 heteroatoms. The first kappa shape index (κ1) is 12.6. The SMILES string of the molecule is COC(=O)C(NCC(C)C)c1cccnc1. The number of hydrogen-bond acceptors (Lipinski definition) is 4. The van der Waals surface area contributed by atoms with Gasteiger partial charge in [0.15, 0.2) is 0 Å². The van der Waals surface area contributed by atoms with Crippen LogP contribution in [-0.4, -0.2) is 24.6 Å². The van der Waals surface area contributed by atoms with E-state index in [-0.39, 0.29) is 5.97 Å². The zero-order chi connectivity index (χ0) is 12.0. The molecule has 1 aromatic heterocycles. The van der Waals surface area contributed by atoms with Crippen LogP contribution >= 0.6 is 0 Å². The molecule has 1 atom stereocenters. The number of carbonyl (C=O) groups is 1. The van der Waals surface area contributed by atoms with Crippen LogP contribution < -0.4 is 5.32 Å². The highest BCUT2D eigenvalue weighted by Crippen LogP contribution is 2.13. The van der Waals surface area contributed by atoms with Crippen molar-refractivity contribution in [3.63, 3.8) is 0 Å². The first-order valence-electron chi connectivity index (χ1n) is 5.36. The number of esters is 1. The molecule has 0 saturated heterocycles. The van der Waals surface area contributed by atoms with Crippen molar-refractivity contribution in [3.8, 4) is 0 Å². The van der Waals surface area contributed by atoms with Gasteiger partial charge in [0.25, 0.3) is 0 Å². The second-order valence-electron chi connectivity index (χ2n) is 4.04. The normalized spacial score (nSPS) is 12.5. The Kier molecular flexibility index (Phi) is 4.92. The monoisotopic (exact) mass is 222 g/mol. The Morgan fingerprint density at radius 2 is 2.31 bits per heavy atom. The summed E-state index contributed by atoms with van der Waals surface area (Å²) in [5.74, 6) is 0.192. The van der Waals surface area contributed by atoms with Crippen LogP contribution in [0.3, 0.4) is 0 Å².